The zero-order chi connectivity index (χ0) is 27.3. The molecule has 3 amide bonds. The number of carboxylic acid groups (broad SMARTS) is 1. The Kier molecular flexibility index (Phi) is 14.2. The maximum atomic E-state index is 13.2. The Morgan fingerprint density at radius 2 is 1.33 bits per heavy atom. The van der Waals surface area contributed by atoms with Crippen LogP contribution in [0.5, 0.6) is 0 Å². The van der Waals surface area contributed by atoms with Crippen LogP contribution in [0.15, 0.2) is 30.3 Å². The first-order chi connectivity index (χ1) is 16.9. The SMILES string of the molecule is CSCCC(NC(=O)C(N)Cc1ccccc1)C(=O)NC(CC(C)C)C(=O)NC(CC(C)C)C(=O)O. The van der Waals surface area contributed by atoms with Crippen molar-refractivity contribution >= 4 is 35.5 Å². The van der Waals surface area contributed by atoms with Crippen molar-refractivity contribution in [1.29, 1.82) is 0 Å². The minimum absolute atomic E-state index is 0.0629. The molecule has 36 heavy (non-hydrogen) atoms. The highest BCUT2D eigenvalue weighted by Gasteiger charge is 2.30. The quantitative estimate of drug-likeness (QED) is 0.223. The van der Waals surface area contributed by atoms with Gasteiger partial charge in [-0.25, -0.2) is 4.79 Å². The van der Waals surface area contributed by atoms with E-state index in [2.05, 4.69) is 16.0 Å². The lowest BCUT2D eigenvalue weighted by molar-refractivity contribution is -0.143. The molecule has 10 heteroatoms. The Hall–Kier alpha value is -2.59. The van der Waals surface area contributed by atoms with Crippen LogP contribution in [0.3, 0.4) is 0 Å². The molecule has 1 rings (SSSR count). The Balaban J connectivity index is 2.94. The summed E-state index contributed by atoms with van der Waals surface area (Å²) in [5.74, 6) is -1.88. The zero-order valence-electron chi connectivity index (χ0n) is 22.0. The van der Waals surface area contributed by atoms with Crippen LogP contribution in [0.4, 0.5) is 0 Å². The van der Waals surface area contributed by atoms with Gasteiger partial charge in [0.15, 0.2) is 0 Å². The highest BCUT2D eigenvalue weighted by atomic mass is 32.2. The first-order valence-electron chi connectivity index (χ1n) is 12.4. The van der Waals surface area contributed by atoms with Gasteiger partial charge in [-0.3, -0.25) is 14.4 Å². The van der Waals surface area contributed by atoms with E-state index in [0.29, 0.717) is 25.0 Å². The Morgan fingerprint density at radius 1 is 0.833 bits per heavy atom. The highest BCUT2D eigenvalue weighted by Crippen LogP contribution is 2.10. The second-order valence-corrected chi connectivity index (χ2v) is 10.8. The summed E-state index contributed by atoms with van der Waals surface area (Å²) in [6.45, 7) is 7.56. The zero-order valence-corrected chi connectivity index (χ0v) is 22.8. The van der Waals surface area contributed by atoms with E-state index >= 15 is 0 Å². The number of amides is 3. The van der Waals surface area contributed by atoms with Crippen molar-refractivity contribution in [2.24, 2.45) is 17.6 Å². The number of hydrogen-bond donors (Lipinski definition) is 5. The number of thioether (sulfide) groups is 1. The van der Waals surface area contributed by atoms with Gasteiger partial charge in [0.2, 0.25) is 17.7 Å². The van der Waals surface area contributed by atoms with Gasteiger partial charge in [-0.1, -0.05) is 58.0 Å². The van der Waals surface area contributed by atoms with Crippen molar-refractivity contribution in [3.63, 3.8) is 0 Å². The van der Waals surface area contributed by atoms with Crippen LogP contribution in [0.1, 0.15) is 52.5 Å². The summed E-state index contributed by atoms with van der Waals surface area (Å²) in [4.78, 5) is 50.6. The number of benzene rings is 1. The van der Waals surface area contributed by atoms with Crippen LogP contribution in [0.2, 0.25) is 0 Å². The average molecular weight is 523 g/mol. The number of nitrogens with one attached hydrogen (secondary N) is 3. The van der Waals surface area contributed by atoms with Gasteiger partial charge < -0.3 is 26.8 Å². The second kappa shape index (κ2) is 16.2. The summed E-state index contributed by atoms with van der Waals surface area (Å²) in [5.41, 5.74) is 7.01. The van der Waals surface area contributed by atoms with Crippen molar-refractivity contribution in [3.05, 3.63) is 35.9 Å². The first-order valence-corrected chi connectivity index (χ1v) is 13.8. The van der Waals surface area contributed by atoms with E-state index in [4.69, 9.17) is 5.73 Å². The Morgan fingerprint density at radius 3 is 1.86 bits per heavy atom. The molecule has 4 unspecified atom stereocenters. The number of nitrogens with two attached hydrogens (primary N) is 1. The molecule has 0 saturated carbocycles. The van der Waals surface area contributed by atoms with E-state index in [-0.39, 0.29) is 18.3 Å². The summed E-state index contributed by atoms with van der Waals surface area (Å²) in [6, 6.07) is 5.68. The maximum absolute atomic E-state index is 13.2. The smallest absolute Gasteiger partial charge is 0.326 e. The predicted octanol–water partition coefficient (Wildman–Crippen LogP) is 1.94. The second-order valence-electron chi connectivity index (χ2n) is 9.86. The average Bonchev–Trinajstić information content (AvgIpc) is 2.80. The van der Waals surface area contributed by atoms with E-state index in [1.165, 1.54) is 11.8 Å². The van der Waals surface area contributed by atoms with Gasteiger partial charge in [0.25, 0.3) is 0 Å². The topological polar surface area (TPSA) is 151 Å². The molecule has 0 radical (unpaired) electrons. The summed E-state index contributed by atoms with van der Waals surface area (Å²) in [5, 5.41) is 17.5. The van der Waals surface area contributed by atoms with Crippen molar-refractivity contribution in [2.45, 2.75) is 77.5 Å². The largest absolute Gasteiger partial charge is 0.480 e. The van der Waals surface area contributed by atoms with E-state index in [0.717, 1.165) is 5.56 Å². The molecule has 0 aliphatic heterocycles. The normalized spacial score (nSPS) is 14.6. The van der Waals surface area contributed by atoms with Crippen LogP contribution in [0, 0.1) is 11.8 Å². The monoisotopic (exact) mass is 522 g/mol. The molecule has 0 aromatic heterocycles. The number of carboxylic acids is 1. The summed E-state index contributed by atoms with van der Waals surface area (Å²) < 4.78 is 0. The van der Waals surface area contributed by atoms with Gasteiger partial charge in [-0.2, -0.15) is 11.8 Å². The third-order valence-electron chi connectivity index (χ3n) is 5.54. The molecule has 0 bridgehead atoms. The lowest BCUT2D eigenvalue weighted by Crippen LogP contribution is -2.57. The summed E-state index contributed by atoms with van der Waals surface area (Å²) in [7, 11) is 0. The molecule has 0 aliphatic carbocycles. The first kappa shape index (κ1) is 31.4. The number of hydrogen-bond acceptors (Lipinski definition) is 6. The molecule has 0 heterocycles. The molecular formula is C26H42N4O5S. The molecule has 1 aromatic carbocycles. The minimum Gasteiger partial charge on any atom is -0.480 e. The van der Waals surface area contributed by atoms with Crippen LogP contribution in [-0.4, -0.2) is 65.0 Å². The van der Waals surface area contributed by atoms with Gasteiger partial charge >= 0.3 is 5.97 Å². The molecule has 4 atom stereocenters. The Labute approximate surface area is 218 Å². The van der Waals surface area contributed by atoms with E-state index < -0.39 is 47.9 Å². The molecule has 9 nitrogen and oxygen atoms in total. The third-order valence-corrected chi connectivity index (χ3v) is 6.18. The van der Waals surface area contributed by atoms with E-state index in [9.17, 15) is 24.3 Å². The fourth-order valence-corrected chi connectivity index (χ4v) is 4.16. The van der Waals surface area contributed by atoms with Crippen LogP contribution >= 0.6 is 11.8 Å². The minimum atomic E-state index is -1.12. The Bertz CT molecular complexity index is 850. The third kappa shape index (κ3) is 11.9. The summed E-state index contributed by atoms with van der Waals surface area (Å²) >= 11 is 1.53. The van der Waals surface area contributed by atoms with Gasteiger partial charge in [0, 0.05) is 0 Å². The molecule has 6 N–H and O–H groups in total. The molecule has 0 spiro atoms. The van der Waals surface area contributed by atoms with Crippen LogP contribution in [0.25, 0.3) is 0 Å². The number of rotatable bonds is 16. The van der Waals surface area contributed by atoms with Gasteiger partial charge in [0.1, 0.15) is 18.1 Å². The fourth-order valence-electron chi connectivity index (χ4n) is 3.68. The maximum Gasteiger partial charge on any atom is 0.326 e. The molecule has 0 aliphatic rings. The number of carbonyl (C=O) groups excluding carboxylic acids is 3. The van der Waals surface area contributed by atoms with Gasteiger partial charge in [-0.05, 0) is 55.1 Å². The molecule has 202 valence electrons. The van der Waals surface area contributed by atoms with Crippen molar-refractivity contribution < 1.29 is 24.3 Å². The predicted molar refractivity (Wildman–Crippen MR) is 143 cm³/mol. The standard InChI is InChI=1S/C26H42N4O5S/c1-16(2)13-21(25(33)30-22(26(34)35)14-17(3)4)29-24(32)20(11-12-36-5)28-23(31)19(27)15-18-9-7-6-8-10-18/h6-10,16-17,19-22H,11-15,27H2,1-5H3,(H,28,31)(H,29,32)(H,30,33)(H,34,35). The molecule has 1 aromatic rings. The van der Waals surface area contributed by atoms with E-state index in [1.54, 1.807) is 0 Å². The molecule has 0 fully saturated rings. The van der Waals surface area contributed by atoms with Gasteiger partial charge in [0.05, 0.1) is 6.04 Å². The fraction of sp³-hybridized carbons (Fsp3) is 0.615. The van der Waals surface area contributed by atoms with Crippen molar-refractivity contribution in [2.75, 3.05) is 12.0 Å². The lowest BCUT2D eigenvalue weighted by Gasteiger charge is -2.26. The van der Waals surface area contributed by atoms with Crippen molar-refractivity contribution in [3.8, 4) is 0 Å². The van der Waals surface area contributed by atoms with Crippen molar-refractivity contribution in [1.82, 2.24) is 16.0 Å². The highest BCUT2D eigenvalue weighted by molar-refractivity contribution is 7.98. The number of aliphatic carboxylic acids is 1. The van der Waals surface area contributed by atoms with Crippen LogP contribution < -0.4 is 21.7 Å². The van der Waals surface area contributed by atoms with Gasteiger partial charge in [-0.15, -0.1) is 0 Å². The number of carbonyl (C=O) groups is 4. The molecule has 0 saturated heterocycles. The van der Waals surface area contributed by atoms with Crippen LogP contribution in [-0.2, 0) is 25.6 Å². The van der Waals surface area contributed by atoms with E-state index in [1.807, 2.05) is 64.3 Å². The summed E-state index contributed by atoms with van der Waals surface area (Å²) in [6.07, 6.45) is 3.18. The molecular weight excluding hydrogens is 480 g/mol. The lowest BCUT2D eigenvalue weighted by atomic mass is 10.00.